The molecule has 0 aromatic heterocycles. The molecule has 3 heteroatoms. The van der Waals surface area contributed by atoms with Crippen LogP contribution in [0.25, 0.3) is 0 Å². The predicted molar refractivity (Wildman–Crippen MR) is 60.7 cm³/mol. The van der Waals surface area contributed by atoms with Crippen LogP contribution in [0, 0.1) is 5.92 Å². The van der Waals surface area contributed by atoms with Crippen LogP contribution in [-0.2, 0) is 4.79 Å². The van der Waals surface area contributed by atoms with E-state index in [-0.39, 0.29) is 11.7 Å². The Morgan fingerprint density at radius 3 is 2.40 bits per heavy atom. The van der Waals surface area contributed by atoms with Gasteiger partial charge in [-0.1, -0.05) is 30.2 Å². The van der Waals surface area contributed by atoms with Gasteiger partial charge in [0.1, 0.15) is 0 Å². The quantitative estimate of drug-likeness (QED) is 0.856. The van der Waals surface area contributed by atoms with E-state index in [0.717, 1.165) is 24.8 Å². The van der Waals surface area contributed by atoms with E-state index >= 15 is 0 Å². The summed E-state index contributed by atoms with van der Waals surface area (Å²) in [5.74, 6) is 0.360. The monoisotopic (exact) mass is 223 g/mol. The molecule has 1 atom stereocenters. The fourth-order valence-corrected chi connectivity index (χ4v) is 1.91. The molecule has 1 aromatic carbocycles. The molecule has 0 aliphatic heterocycles. The lowest BCUT2D eigenvalue weighted by Gasteiger charge is -2.26. The Morgan fingerprint density at radius 1 is 1.33 bits per heavy atom. The van der Waals surface area contributed by atoms with Crippen molar-refractivity contribution in [3.8, 4) is 0 Å². The molecule has 0 radical (unpaired) electrons. The molecule has 80 valence electrons. The van der Waals surface area contributed by atoms with Gasteiger partial charge in [0.2, 0.25) is 0 Å². The number of rotatable bonds is 3. The number of nitrogens with two attached hydrogens (primary N) is 1. The SMILES string of the molecule is NC(C(=O)C1CCC1)c1ccc(Cl)cc1. The number of carbonyl (C=O) groups is 1. The van der Waals surface area contributed by atoms with Crippen LogP contribution in [0.2, 0.25) is 5.02 Å². The average molecular weight is 224 g/mol. The van der Waals surface area contributed by atoms with Crippen LogP contribution in [0.1, 0.15) is 30.9 Å². The van der Waals surface area contributed by atoms with Crippen molar-refractivity contribution >= 4 is 17.4 Å². The third kappa shape index (κ3) is 2.21. The second kappa shape index (κ2) is 4.33. The highest BCUT2D eigenvalue weighted by Crippen LogP contribution is 2.31. The number of hydrogen-bond acceptors (Lipinski definition) is 2. The lowest BCUT2D eigenvalue weighted by Crippen LogP contribution is -2.31. The molecule has 0 bridgehead atoms. The Balaban J connectivity index is 2.09. The molecule has 1 unspecified atom stereocenters. The van der Waals surface area contributed by atoms with Crippen molar-refractivity contribution < 1.29 is 4.79 Å². The molecule has 1 fully saturated rings. The summed E-state index contributed by atoms with van der Waals surface area (Å²) >= 11 is 5.77. The Kier molecular flexibility index (Phi) is 3.08. The summed E-state index contributed by atoms with van der Waals surface area (Å²) in [6.45, 7) is 0. The molecular weight excluding hydrogens is 210 g/mol. The molecular formula is C12H14ClNO. The molecule has 0 saturated heterocycles. The van der Waals surface area contributed by atoms with E-state index in [1.807, 2.05) is 12.1 Å². The highest BCUT2D eigenvalue weighted by Gasteiger charge is 2.29. The average Bonchev–Trinajstić information content (AvgIpc) is 2.15. The highest BCUT2D eigenvalue weighted by atomic mass is 35.5. The number of ketones is 1. The van der Waals surface area contributed by atoms with Crippen molar-refractivity contribution in [3.63, 3.8) is 0 Å². The molecule has 0 spiro atoms. The van der Waals surface area contributed by atoms with Gasteiger partial charge in [0.25, 0.3) is 0 Å². The van der Waals surface area contributed by atoms with Crippen molar-refractivity contribution in [2.45, 2.75) is 25.3 Å². The lowest BCUT2D eigenvalue weighted by molar-refractivity contribution is -0.126. The van der Waals surface area contributed by atoms with E-state index in [1.165, 1.54) is 0 Å². The fraction of sp³-hybridized carbons (Fsp3) is 0.417. The van der Waals surface area contributed by atoms with E-state index in [0.29, 0.717) is 5.02 Å². The molecule has 0 heterocycles. The van der Waals surface area contributed by atoms with Crippen molar-refractivity contribution in [1.29, 1.82) is 0 Å². The second-order valence-electron chi connectivity index (χ2n) is 4.06. The smallest absolute Gasteiger partial charge is 0.157 e. The van der Waals surface area contributed by atoms with E-state index in [1.54, 1.807) is 12.1 Å². The van der Waals surface area contributed by atoms with Crippen molar-refractivity contribution in [3.05, 3.63) is 34.9 Å². The Hall–Kier alpha value is -0.860. The topological polar surface area (TPSA) is 43.1 Å². The predicted octanol–water partition coefficient (Wildman–Crippen LogP) is 2.71. The van der Waals surface area contributed by atoms with Gasteiger partial charge in [-0.15, -0.1) is 0 Å². The van der Waals surface area contributed by atoms with Crippen molar-refractivity contribution in [2.75, 3.05) is 0 Å². The standard InChI is InChI=1S/C12H14ClNO/c13-10-6-4-8(5-7-10)11(14)12(15)9-2-1-3-9/h4-7,9,11H,1-3,14H2. The van der Waals surface area contributed by atoms with Crippen LogP contribution in [0.4, 0.5) is 0 Å². The third-order valence-corrected chi connectivity index (χ3v) is 3.30. The lowest BCUT2D eigenvalue weighted by atomic mass is 9.79. The first kappa shape index (κ1) is 10.7. The van der Waals surface area contributed by atoms with Crippen molar-refractivity contribution in [1.82, 2.24) is 0 Å². The van der Waals surface area contributed by atoms with E-state index in [2.05, 4.69) is 0 Å². The number of carbonyl (C=O) groups excluding carboxylic acids is 1. The first-order chi connectivity index (χ1) is 7.18. The second-order valence-corrected chi connectivity index (χ2v) is 4.50. The normalized spacial score (nSPS) is 18.3. The van der Waals surface area contributed by atoms with Crippen LogP contribution < -0.4 is 5.73 Å². The van der Waals surface area contributed by atoms with Gasteiger partial charge in [0, 0.05) is 10.9 Å². The molecule has 0 amide bonds. The minimum Gasteiger partial charge on any atom is -0.318 e. The summed E-state index contributed by atoms with van der Waals surface area (Å²) in [7, 11) is 0. The maximum atomic E-state index is 11.9. The molecule has 2 N–H and O–H groups in total. The number of Topliss-reactive ketones (excluding diaryl/α,β-unsaturated/α-hetero) is 1. The zero-order valence-electron chi connectivity index (χ0n) is 8.45. The van der Waals surface area contributed by atoms with Crippen LogP contribution in [0.15, 0.2) is 24.3 Å². The minimum absolute atomic E-state index is 0.170. The van der Waals surface area contributed by atoms with Gasteiger partial charge in [-0.2, -0.15) is 0 Å². The summed E-state index contributed by atoms with van der Waals surface area (Å²) < 4.78 is 0. The van der Waals surface area contributed by atoms with E-state index < -0.39 is 6.04 Å². The Bertz CT molecular complexity index is 356. The van der Waals surface area contributed by atoms with E-state index in [4.69, 9.17) is 17.3 Å². The largest absolute Gasteiger partial charge is 0.318 e. The van der Waals surface area contributed by atoms with Crippen LogP contribution >= 0.6 is 11.6 Å². The van der Waals surface area contributed by atoms with E-state index in [9.17, 15) is 4.79 Å². The maximum Gasteiger partial charge on any atom is 0.157 e. The Labute approximate surface area is 94.4 Å². The van der Waals surface area contributed by atoms with Gasteiger partial charge in [0.15, 0.2) is 5.78 Å². The zero-order chi connectivity index (χ0) is 10.8. The van der Waals surface area contributed by atoms with Gasteiger partial charge in [-0.3, -0.25) is 4.79 Å². The Morgan fingerprint density at radius 2 is 1.93 bits per heavy atom. The minimum atomic E-state index is -0.479. The van der Waals surface area contributed by atoms with Gasteiger partial charge in [-0.05, 0) is 30.5 Å². The third-order valence-electron chi connectivity index (χ3n) is 3.04. The molecule has 1 aliphatic rings. The number of halogens is 1. The van der Waals surface area contributed by atoms with Crippen LogP contribution in [-0.4, -0.2) is 5.78 Å². The summed E-state index contributed by atoms with van der Waals surface area (Å²) in [5, 5.41) is 0.669. The summed E-state index contributed by atoms with van der Waals surface area (Å²) in [5.41, 5.74) is 6.76. The molecule has 1 aliphatic carbocycles. The summed E-state index contributed by atoms with van der Waals surface area (Å²) in [6.07, 6.45) is 3.16. The summed E-state index contributed by atoms with van der Waals surface area (Å²) in [6, 6.07) is 6.70. The molecule has 2 nitrogen and oxygen atoms in total. The molecule has 1 saturated carbocycles. The van der Waals surface area contributed by atoms with Gasteiger partial charge in [-0.25, -0.2) is 0 Å². The van der Waals surface area contributed by atoms with Gasteiger partial charge < -0.3 is 5.73 Å². The molecule has 1 aromatic rings. The van der Waals surface area contributed by atoms with Crippen LogP contribution in [0.5, 0.6) is 0 Å². The van der Waals surface area contributed by atoms with Crippen molar-refractivity contribution in [2.24, 2.45) is 11.7 Å². The first-order valence-electron chi connectivity index (χ1n) is 5.23. The first-order valence-corrected chi connectivity index (χ1v) is 5.61. The maximum absolute atomic E-state index is 11.9. The highest BCUT2D eigenvalue weighted by molar-refractivity contribution is 6.30. The molecule has 2 rings (SSSR count). The van der Waals surface area contributed by atoms with Gasteiger partial charge >= 0.3 is 0 Å². The summed E-state index contributed by atoms with van der Waals surface area (Å²) in [4.78, 5) is 11.9. The zero-order valence-corrected chi connectivity index (χ0v) is 9.20. The fourth-order valence-electron chi connectivity index (χ4n) is 1.78. The number of benzene rings is 1. The van der Waals surface area contributed by atoms with Crippen LogP contribution in [0.3, 0.4) is 0 Å². The number of hydrogen-bond donors (Lipinski definition) is 1. The molecule has 15 heavy (non-hydrogen) atoms. The van der Waals surface area contributed by atoms with Gasteiger partial charge in [0.05, 0.1) is 6.04 Å².